The summed E-state index contributed by atoms with van der Waals surface area (Å²) in [5.74, 6) is 0.669. The van der Waals surface area contributed by atoms with Crippen LogP contribution in [0.4, 0.5) is 0 Å². The van der Waals surface area contributed by atoms with Gasteiger partial charge in [0.1, 0.15) is 0 Å². The van der Waals surface area contributed by atoms with Gasteiger partial charge in [-0.1, -0.05) is 31.9 Å². The largest absolute Gasteiger partial charge is 0.327 e. The monoisotopic (exact) mass is 181 g/mol. The molecule has 2 atom stereocenters. The van der Waals surface area contributed by atoms with Crippen molar-refractivity contribution in [2.45, 2.75) is 58.4 Å². The Labute approximate surface area is 82.4 Å². The second-order valence-corrected chi connectivity index (χ2v) is 4.36. The SMILES string of the molecule is CCC(C)C(N)CC1=CCCCC1. The van der Waals surface area contributed by atoms with Crippen LogP contribution < -0.4 is 5.73 Å². The van der Waals surface area contributed by atoms with E-state index in [2.05, 4.69) is 19.9 Å². The zero-order valence-corrected chi connectivity index (χ0v) is 9.05. The molecule has 0 saturated carbocycles. The summed E-state index contributed by atoms with van der Waals surface area (Å²) in [7, 11) is 0. The molecule has 1 heteroatoms. The average molecular weight is 181 g/mol. The van der Waals surface area contributed by atoms with E-state index in [1.54, 1.807) is 5.57 Å². The van der Waals surface area contributed by atoms with E-state index < -0.39 is 0 Å². The Kier molecular flexibility index (Phi) is 4.51. The molecule has 1 aliphatic rings. The fourth-order valence-corrected chi connectivity index (χ4v) is 1.90. The van der Waals surface area contributed by atoms with Crippen LogP contribution in [-0.2, 0) is 0 Å². The van der Waals surface area contributed by atoms with Gasteiger partial charge >= 0.3 is 0 Å². The van der Waals surface area contributed by atoms with Crippen LogP contribution in [0, 0.1) is 5.92 Å². The van der Waals surface area contributed by atoms with Crippen molar-refractivity contribution in [2.75, 3.05) is 0 Å². The van der Waals surface area contributed by atoms with Crippen molar-refractivity contribution < 1.29 is 0 Å². The Bertz CT molecular complexity index is 172. The lowest BCUT2D eigenvalue weighted by molar-refractivity contribution is 0.432. The molecule has 0 aromatic carbocycles. The predicted octanol–water partition coefficient (Wildman–Crippen LogP) is 3.25. The Morgan fingerprint density at radius 2 is 2.23 bits per heavy atom. The molecule has 0 spiro atoms. The molecule has 0 heterocycles. The zero-order chi connectivity index (χ0) is 9.68. The number of nitrogens with two attached hydrogens (primary N) is 1. The Morgan fingerprint density at radius 1 is 1.46 bits per heavy atom. The molecule has 0 aromatic rings. The van der Waals surface area contributed by atoms with Crippen LogP contribution in [0.25, 0.3) is 0 Å². The molecular formula is C12H23N. The quantitative estimate of drug-likeness (QED) is 0.662. The van der Waals surface area contributed by atoms with Gasteiger partial charge in [-0.05, 0) is 38.0 Å². The highest BCUT2D eigenvalue weighted by Crippen LogP contribution is 2.23. The first-order valence-electron chi connectivity index (χ1n) is 5.67. The van der Waals surface area contributed by atoms with E-state index in [0.717, 1.165) is 6.42 Å². The lowest BCUT2D eigenvalue weighted by Gasteiger charge is -2.21. The van der Waals surface area contributed by atoms with Gasteiger partial charge in [-0.15, -0.1) is 0 Å². The molecule has 0 radical (unpaired) electrons. The lowest BCUT2D eigenvalue weighted by Crippen LogP contribution is -2.28. The standard InChI is InChI=1S/C12H23N/c1-3-10(2)12(13)9-11-7-5-4-6-8-11/h7,10,12H,3-6,8-9,13H2,1-2H3. The first-order chi connectivity index (χ1) is 6.24. The molecule has 76 valence electrons. The van der Waals surface area contributed by atoms with Crippen molar-refractivity contribution in [1.82, 2.24) is 0 Å². The first-order valence-corrected chi connectivity index (χ1v) is 5.67. The van der Waals surface area contributed by atoms with E-state index in [9.17, 15) is 0 Å². The summed E-state index contributed by atoms with van der Waals surface area (Å²) < 4.78 is 0. The van der Waals surface area contributed by atoms with Crippen LogP contribution in [0.2, 0.25) is 0 Å². The molecule has 0 saturated heterocycles. The molecule has 1 nitrogen and oxygen atoms in total. The van der Waals surface area contributed by atoms with E-state index in [1.807, 2.05) is 0 Å². The van der Waals surface area contributed by atoms with Crippen LogP contribution in [0.3, 0.4) is 0 Å². The second kappa shape index (κ2) is 5.43. The van der Waals surface area contributed by atoms with Gasteiger partial charge in [0, 0.05) is 6.04 Å². The van der Waals surface area contributed by atoms with Crippen molar-refractivity contribution in [3.8, 4) is 0 Å². The third-order valence-corrected chi connectivity index (χ3v) is 3.26. The van der Waals surface area contributed by atoms with Crippen LogP contribution >= 0.6 is 0 Å². The molecule has 1 aliphatic carbocycles. The molecule has 0 amide bonds. The van der Waals surface area contributed by atoms with E-state index in [1.165, 1.54) is 32.1 Å². The third-order valence-electron chi connectivity index (χ3n) is 3.26. The fourth-order valence-electron chi connectivity index (χ4n) is 1.90. The van der Waals surface area contributed by atoms with Gasteiger partial charge in [0.25, 0.3) is 0 Å². The Morgan fingerprint density at radius 3 is 2.77 bits per heavy atom. The minimum Gasteiger partial charge on any atom is -0.327 e. The minimum atomic E-state index is 0.384. The molecular weight excluding hydrogens is 158 g/mol. The van der Waals surface area contributed by atoms with Crippen LogP contribution in [-0.4, -0.2) is 6.04 Å². The van der Waals surface area contributed by atoms with Gasteiger partial charge in [0.2, 0.25) is 0 Å². The zero-order valence-electron chi connectivity index (χ0n) is 9.05. The molecule has 2 unspecified atom stereocenters. The fraction of sp³-hybridized carbons (Fsp3) is 0.833. The summed E-state index contributed by atoms with van der Waals surface area (Å²) in [6.07, 6.45) is 10.1. The summed E-state index contributed by atoms with van der Waals surface area (Å²) in [4.78, 5) is 0. The first kappa shape index (κ1) is 10.8. The van der Waals surface area contributed by atoms with E-state index in [0.29, 0.717) is 12.0 Å². The van der Waals surface area contributed by atoms with Gasteiger partial charge in [-0.3, -0.25) is 0 Å². The minimum absolute atomic E-state index is 0.384. The van der Waals surface area contributed by atoms with Crippen molar-refractivity contribution in [1.29, 1.82) is 0 Å². The Hall–Kier alpha value is -0.300. The predicted molar refractivity (Wildman–Crippen MR) is 58.6 cm³/mol. The highest BCUT2D eigenvalue weighted by molar-refractivity contribution is 5.07. The molecule has 0 aliphatic heterocycles. The summed E-state index contributed by atoms with van der Waals surface area (Å²) in [6, 6.07) is 0.384. The van der Waals surface area contributed by atoms with E-state index in [4.69, 9.17) is 5.73 Å². The van der Waals surface area contributed by atoms with E-state index in [-0.39, 0.29) is 0 Å². The second-order valence-electron chi connectivity index (χ2n) is 4.36. The summed E-state index contributed by atoms with van der Waals surface area (Å²) in [6.45, 7) is 4.48. The normalized spacial score (nSPS) is 22.2. The van der Waals surface area contributed by atoms with Crippen LogP contribution in [0.5, 0.6) is 0 Å². The van der Waals surface area contributed by atoms with Crippen molar-refractivity contribution in [2.24, 2.45) is 11.7 Å². The third kappa shape index (κ3) is 3.51. The molecule has 13 heavy (non-hydrogen) atoms. The molecule has 0 bridgehead atoms. The molecule has 0 fully saturated rings. The maximum atomic E-state index is 6.12. The van der Waals surface area contributed by atoms with Gasteiger partial charge < -0.3 is 5.73 Å². The van der Waals surface area contributed by atoms with Crippen LogP contribution in [0.1, 0.15) is 52.4 Å². The van der Waals surface area contributed by atoms with Crippen molar-refractivity contribution >= 4 is 0 Å². The summed E-state index contributed by atoms with van der Waals surface area (Å²) in [5.41, 5.74) is 7.73. The molecule has 1 rings (SSSR count). The number of rotatable bonds is 4. The number of hydrogen-bond acceptors (Lipinski definition) is 1. The maximum Gasteiger partial charge on any atom is 0.0102 e. The van der Waals surface area contributed by atoms with Crippen molar-refractivity contribution in [3.63, 3.8) is 0 Å². The maximum absolute atomic E-state index is 6.12. The van der Waals surface area contributed by atoms with Gasteiger partial charge in [-0.25, -0.2) is 0 Å². The molecule has 2 N–H and O–H groups in total. The highest BCUT2D eigenvalue weighted by atomic mass is 14.6. The summed E-state index contributed by atoms with van der Waals surface area (Å²) in [5, 5.41) is 0. The van der Waals surface area contributed by atoms with Crippen molar-refractivity contribution in [3.05, 3.63) is 11.6 Å². The average Bonchev–Trinajstić information content (AvgIpc) is 2.18. The van der Waals surface area contributed by atoms with Gasteiger partial charge in [-0.2, -0.15) is 0 Å². The van der Waals surface area contributed by atoms with Gasteiger partial charge in [0.15, 0.2) is 0 Å². The van der Waals surface area contributed by atoms with Gasteiger partial charge in [0.05, 0.1) is 0 Å². The summed E-state index contributed by atoms with van der Waals surface area (Å²) >= 11 is 0. The number of allylic oxidation sites excluding steroid dienone is 1. The lowest BCUT2D eigenvalue weighted by atomic mass is 9.89. The Balaban J connectivity index is 2.34. The van der Waals surface area contributed by atoms with Crippen LogP contribution in [0.15, 0.2) is 11.6 Å². The highest BCUT2D eigenvalue weighted by Gasteiger charge is 2.13. The molecule has 0 aromatic heterocycles. The van der Waals surface area contributed by atoms with E-state index >= 15 is 0 Å². The topological polar surface area (TPSA) is 26.0 Å². The smallest absolute Gasteiger partial charge is 0.0102 e. The number of hydrogen-bond donors (Lipinski definition) is 1.